The number of rotatable bonds is 2. The number of benzene rings is 1. The molecule has 0 fully saturated rings. The number of aryl methyl sites for hydroxylation is 1. The largest absolute Gasteiger partial charge is 0.387 e. The van der Waals surface area contributed by atoms with Crippen LogP contribution < -0.4 is 5.73 Å². The van der Waals surface area contributed by atoms with Gasteiger partial charge in [-0.1, -0.05) is 24.3 Å². The van der Waals surface area contributed by atoms with E-state index >= 15 is 0 Å². The van der Waals surface area contributed by atoms with Gasteiger partial charge in [0.25, 0.3) is 0 Å². The van der Waals surface area contributed by atoms with Crippen molar-refractivity contribution in [3.63, 3.8) is 0 Å². The number of nitrogens with two attached hydrogens (primary N) is 1. The fourth-order valence-corrected chi connectivity index (χ4v) is 1.20. The molecule has 2 atom stereocenters. The normalized spacial score (nSPS) is 15.7. The van der Waals surface area contributed by atoms with E-state index in [4.69, 9.17) is 5.73 Å². The second kappa shape index (κ2) is 3.70. The molecule has 3 N–H and O–H groups in total. The third kappa shape index (κ3) is 1.84. The summed E-state index contributed by atoms with van der Waals surface area (Å²) in [6, 6.07) is 7.52. The summed E-state index contributed by atoms with van der Waals surface area (Å²) in [5, 5.41) is 9.65. The Morgan fingerprint density at radius 3 is 2.42 bits per heavy atom. The molecule has 12 heavy (non-hydrogen) atoms. The first kappa shape index (κ1) is 9.23. The van der Waals surface area contributed by atoms with Gasteiger partial charge in [0.2, 0.25) is 0 Å². The lowest BCUT2D eigenvalue weighted by molar-refractivity contribution is 0.152. The Kier molecular flexibility index (Phi) is 2.84. The number of hydrogen-bond acceptors (Lipinski definition) is 2. The van der Waals surface area contributed by atoms with Gasteiger partial charge in [0.15, 0.2) is 0 Å². The molecular formula is C10H15NO. The highest BCUT2D eigenvalue weighted by atomic mass is 16.3. The minimum Gasteiger partial charge on any atom is -0.387 e. The Morgan fingerprint density at radius 1 is 1.33 bits per heavy atom. The van der Waals surface area contributed by atoms with Gasteiger partial charge in [-0.15, -0.1) is 0 Å². The molecule has 0 heterocycles. The highest BCUT2D eigenvalue weighted by Crippen LogP contribution is 2.18. The molecule has 0 aliphatic carbocycles. The summed E-state index contributed by atoms with van der Waals surface area (Å²) in [6.45, 7) is 3.78. The lowest BCUT2D eigenvalue weighted by Gasteiger charge is -2.16. The zero-order chi connectivity index (χ0) is 9.14. The lowest BCUT2D eigenvalue weighted by Crippen LogP contribution is -2.24. The Bertz CT molecular complexity index is 258. The molecule has 1 aromatic rings. The van der Waals surface area contributed by atoms with Crippen molar-refractivity contribution < 1.29 is 5.11 Å². The first-order chi connectivity index (χ1) is 5.63. The van der Waals surface area contributed by atoms with Crippen molar-refractivity contribution in [3.8, 4) is 0 Å². The van der Waals surface area contributed by atoms with Gasteiger partial charge in [0, 0.05) is 6.04 Å². The first-order valence-electron chi connectivity index (χ1n) is 4.12. The van der Waals surface area contributed by atoms with E-state index in [1.165, 1.54) is 0 Å². The first-order valence-corrected chi connectivity index (χ1v) is 4.12. The van der Waals surface area contributed by atoms with E-state index < -0.39 is 6.10 Å². The van der Waals surface area contributed by atoms with Crippen LogP contribution in [0, 0.1) is 6.92 Å². The van der Waals surface area contributed by atoms with Gasteiger partial charge in [-0.05, 0) is 25.0 Å². The van der Waals surface area contributed by atoms with Crippen LogP contribution in [-0.4, -0.2) is 11.1 Å². The maximum Gasteiger partial charge on any atom is 0.0940 e. The predicted molar refractivity (Wildman–Crippen MR) is 49.8 cm³/mol. The molecule has 0 saturated carbocycles. The maximum atomic E-state index is 9.65. The van der Waals surface area contributed by atoms with Crippen LogP contribution in [0.1, 0.15) is 24.2 Å². The van der Waals surface area contributed by atoms with Crippen LogP contribution in [-0.2, 0) is 0 Å². The van der Waals surface area contributed by atoms with Crippen LogP contribution in [0.15, 0.2) is 24.3 Å². The third-order valence-corrected chi connectivity index (χ3v) is 2.01. The van der Waals surface area contributed by atoms with Crippen molar-refractivity contribution in [2.24, 2.45) is 5.73 Å². The Hall–Kier alpha value is -0.860. The lowest BCUT2D eigenvalue weighted by atomic mass is 9.99. The summed E-state index contributed by atoms with van der Waals surface area (Å²) < 4.78 is 0. The van der Waals surface area contributed by atoms with Gasteiger partial charge in [0.05, 0.1) is 6.10 Å². The second-order valence-corrected chi connectivity index (χ2v) is 3.16. The third-order valence-electron chi connectivity index (χ3n) is 2.01. The van der Waals surface area contributed by atoms with Crippen molar-refractivity contribution in [3.05, 3.63) is 35.4 Å². The molecule has 1 rings (SSSR count). The summed E-state index contributed by atoms with van der Waals surface area (Å²) in [5.74, 6) is 0. The SMILES string of the molecule is Cc1ccccc1[C@@H](O)[C@H](C)N. The van der Waals surface area contributed by atoms with Gasteiger partial charge < -0.3 is 10.8 Å². The van der Waals surface area contributed by atoms with E-state index in [0.717, 1.165) is 11.1 Å². The summed E-state index contributed by atoms with van der Waals surface area (Å²) in [7, 11) is 0. The van der Waals surface area contributed by atoms with Crippen molar-refractivity contribution in [1.29, 1.82) is 0 Å². The molecule has 2 heteroatoms. The van der Waals surface area contributed by atoms with Gasteiger partial charge in [0.1, 0.15) is 0 Å². The molecule has 0 amide bonds. The minimum atomic E-state index is -0.550. The summed E-state index contributed by atoms with van der Waals surface area (Å²) >= 11 is 0. The molecule has 0 saturated heterocycles. The van der Waals surface area contributed by atoms with Crippen LogP contribution in [0.25, 0.3) is 0 Å². The van der Waals surface area contributed by atoms with Gasteiger partial charge >= 0.3 is 0 Å². The topological polar surface area (TPSA) is 46.2 Å². The molecule has 0 spiro atoms. The molecule has 0 unspecified atom stereocenters. The molecule has 0 bridgehead atoms. The molecule has 2 nitrogen and oxygen atoms in total. The predicted octanol–water partition coefficient (Wildman–Crippen LogP) is 1.38. The zero-order valence-electron chi connectivity index (χ0n) is 7.49. The molecule has 0 radical (unpaired) electrons. The van der Waals surface area contributed by atoms with Gasteiger partial charge in [-0.2, -0.15) is 0 Å². The van der Waals surface area contributed by atoms with Gasteiger partial charge in [-0.25, -0.2) is 0 Å². The molecule has 0 aromatic heterocycles. The molecule has 66 valence electrons. The van der Waals surface area contributed by atoms with E-state index in [1.54, 1.807) is 6.92 Å². The minimum absolute atomic E-state index is 0.217. The maximum absolute atomic E-state index is 9.65. The molecule has 1 aromatic carbocycles. The van der Waals surface area contributed by atoms with E-state index in [0.29, 0.717) is 0 Å². The summed E-state index contributed by atoms with van der Waals surface area (Å²) in [6.07, 6.45) is -0.550. The molecule has 0 aliphatic heterocycles. The van der Waals surface area contributed by atoms with Crippen molar-refractivity contribution >= 4 is 0 Å². The van der Waals surface area contributed by atoms with Crippen molar-refractivity contribution in [2.75, 3.05) is 0 Å². The van der Waals surface area contributed by atoms with Gasteiger partial charge in [-0.3, -0.25) is 0 Å². The standard InChI is InChI=1S/C10H15NO/c1-7-5-3-4-6-9(7)10(12)8(2)11/h3-6,8,10,12H,11H2,1-2H3/t8-,10-/m0/s1. The van der Waals surface area contributed by atoms with Crippen molar-refractivity contribution in [2.45, 2.75) is 26.0 Å². The number of aliphatic hydroxyl groups excluding tert-OH is 1. The average Bonchev–Trinajstić information content (AvgIpc) is 2.04. The summed E-state index contributed by atoms with van der Waals surface area (Å²) in [5.41, 5.74) is 7.60. The van der Waals surface area contributed by atoms with Crippen LogP contribution >= 0.6 is 0 Å². The average molecular weight is 165 g/mol. The zero-order valence-corrected chi connectivity index (χ0v) is 7.49. The van der Waals surface area contributed by atoms with Crippen LogP contribution in [0.4, 0.5) is 0 Å². The summed E-state index contributed by atoms with van der Waals surface area (Å²) in [4.78, 5) is 0. The highest BCUT2D eigenvalue weighted by Gasteiger charge is 2.13. The monoisotopic (exact) mass is 165 g/mol. The fraction of sp³-hybridized carbons (Fsp3) is 0.400. The fourth-order valence-electron chi connectivity index (χ4n) is 1.20. The van der Waals surface area contributed by atoms with E-state index in [2.05, 4.69) is 0 Å². The number of aliphatic hydroxyl groups is 1. The van der Waals surface area contributed by atoms with E-state index in [9.17, 15) is 5.11 Å². The highest BCUT2D eigenvalue weighted by molar-refractivity contribution is 5.28. The second-order valence-electron chi connectivity index (χ2n) is 3.16. The Morgan fingerprint density at radius 2 is 1.92 bits per heavy atom. The Balaban J connectivity index is 2.94. The van der Waals surface area contributed by atoms with E-state index in [-0.39, 0.29) is 6.04 Å². The van der Waals surface area contributed by atoms with E-state index in [1.807, 2.05) is 31.2 Å². The van der Waals surface area contributed by atoms with Crippen LogP contribution in [0.2, 0.25) is 0 Å². The van der Waals surface area contributed by atoms with Crippen LogP contribution in [0.5, 0.6) is 0 Å². The van der Waals surface area contributed by atoms with Crippen molar-refractivity contribution in [1.82, 2.24) is 0 Å². The van der Waals surface area contributed by atoms with Crippen LogP contribution in [0.3, 0.4) is 0 Å². The molecule has 0 aliphatic rings. The Labute approximate surface area is 73.0 Å². The molecular weight excluding hydrogens is 150 g/mol. The smallest absolute Gasteiger partial charge is 0.0940 e. The quantitative estimate of drug-likeness (QED) is 0.695. The number of hydrogen-bond donors (Lipinski definition) is 2.